The summed E-state index contributed by atoms with van der Waals surface area (Å²) in [5.74, 6) is -0.182. The number of rotatable bonds is 3. The number of nitrogens with one attached hydrogen (secondary N) is 1. The van der Waals surface area contributed by atoms with Crippen LogP contribution in [0.3, 0.4) is 0 Å². The Morgan fingerprint density at radius 2 is 2.43 bits per heavy atom. The van der Waals surface area contributed by atoms with Gasteiger partial charge in [-0.2, -0.15) is 0 Å². The summed E-state index contributed by atoms with van der Waals surface area (Å²) in [6.45, 7) is 1.71. The molecule has 0 saturated heterocycles. The summed E-state index contributed by atoms with van der Waals surface area (Å²) >= 11 is 5.67. The van der Waals surface area contributed by atoms with Crippen molar-refractivity contribution in [2.24, 2.45) is 0 Å². The summed E-state index contributed by atoms with van der Waals surface area (Å²) < 4.78 is 0. The van der Waals surface area contributed by atoms with Gasteiger partial charge in [-0.1, -0.05) is 11.6 Å². The number of aromatic nitrogens is 1. The molecule has 0 fully saturated rings. The van der Waals surface area contributed by atoms with E-state index in [0.717, 1.165) is 0 Å². The van der Waals surface area contributed by atoms with Gasteiger partial charge in [0.2, 0.25) is 0 Å². The first-order chi connectivity index (χ1) is 6.56. The molecule has 1 unspecified atom stereocenters. The molecular formula is C9H13ClN2O2. The van der Waals surface area contributed by atoms with Crippen LogP contribution in [0.1, 0.15) is 17.4 Å². The Balaban J connectivity index is 2.75. The number of nitrogens with zero attached hydrogens (tertiary/aromatic N) is 1. The second-order valence-electron chi connectivity index (χ2n) is 3.18. The van der Waals surface area contributed by atoms with Crippen molar-refractivity contribution in [2.75, 3.05) is 13.7 Å². The smallest absolute Gasteiger partial charge is 0.270 e. The standard InChI is InChI=1S/C9H13ClN2O2/c1-6(5-13)12(2)9(14)8-3-7(10)4-11-8/h3-4,6,11,13H,5H2,1-2H3. The Labute approximate surface area is 87.5 Å². The van der Waals surface area contributed by atoms with Gasteiger partial charge < -0.3 is 15.0 Å². The Bertz CT molecular complexity index is 324. The highest BCUT2D eigenvalue weighted by atomic mass is 35.5. The number of likely N-dealkylation sites (N-methyl/N-ethyl adjacent to an activating group) is 1. The molecule has 0 bridgehead atoms. The van der Waals surface area contributed by atoms with E-state index in [-0.39, 0.29) is 18.6 Å². The van der Waals surface area contributed by atoms with Crippen molar-refractivity contribution in [2.45, 2.75) is 13.0 Å². The fraction of sp³-hybridized carbons (Fsp3) is 0.444. The van der Waals surface area contributed by atoms with Gasteiger partial charge >= 0.3 is 0 Å². The first-order valence-electron chi connectivity index (χ1n) is 4.28. The Kier molecular flexibility index (Phi) is 3.55. The SMILES string of the molecule is CC(CO)N(C)C(=O)c1cc(Cl)c[nH]1. The number of carbonyl (C=O) groups is 1. The average molecular weight is 217 g/mol. The molecule has 1 amide bonds. The molecule has 1 aromatic rings. The highest BCUT2D eigenvalue weighted by molar-refractivity contribution is 6.30. The van der Waals surface area contributed by atoms with Crippen LogP contribution >= 0.6 is 11.6 Å². The highest BCUT2D eigenvalue weighted by Crippen LogP contribution is 2.11. The quantitative estimate of drug-likeness (QED) is 0.796. The van der Waals surface area contributed by atoms with E-state index in [2.05, 4.69) is 4.98 Å². The van der Waals surface area contributed by atoms with E-state index in [9.17, 15) is 4.79 Å². The lowest BCUT2D eigenvalue weighted by Crippen LogP contribution is -2.37. The number of aromatic amines is 1. The van der Waals surface area contributed by atoms with Crippen LogP contribution < -0.4 is 0 Å². The normalized spacial score (nSPS) is 12.6. The molecule has 1 heterocycles. The van der Waals surface area contributed by atoms with Crippen LogP contribution in [0.25, 0.3) is 0 Å². The van der Waals surface area contributed by atoms with Crippen molar-refractivity contribution in [3.63, 3.8) is 0 Å². The zero-order chi connectivity index (χ0) is 10.7. The third kappa shape index (κ3) is 2.27. The van der Waals surface area contributed by atoms with Crippen LogP contribution in [0.15, 0.2) is 12.3 Å². The molecule has 0 aliphatic rings. The zero-order valence-electron chi connectivity index (χ0n) is 8.12. The molecule has 14 heavy (non-hydrogen) atoms. The number of halogens is 1. The van der Waals surface area contributed by atoms with Crippen molar-refractivity contribution >= 4 is 17.5 Å². The van der Waals surface area contributed by atoms with Gasteiger partial charge in [0.1, 0.15) is 5.69 Å². The predicted octanol–water partition coefficient (Wildman–Crippen LogP) is 1.12. The van der Waals surface area contributed by atoms with Crippen LogP contribution in [0.4, 0.5) is 0 Å². The van der Waals surface area contributed by atoms with Crippen molar-refractivity contribution < 1.29 is 9.90 Å². The number of aliphatic hydroxyl groups excluding tert-OH is 1. The molecule has 0 spiro atoms. The second-order valence-corrected chi connectivity index (χ2v) is 3.62. The van der Waals surface area contributed by atoms with Gasteiger partial charge in [-0.3, -0.25) is 4.79 Å². The first-order valence-corrected chi connectivity index (χ1v) is 4.66. The van der Waals surface area contributed by atoms with Gasteiger partial charge in [-0.15, -0.1) is 0 Å². The summed E-state index contributed by atoms with van der Waals surface area (Å²) in [5, 5.41) is 9.37. The van der Waals surface area contributed by atoms with Crippen molar-refractivity contribution in [3.8, 4) is 0 Å². The van der Waals surface area contributed by atoms with Crippen LogP contribution in [-0.2, 0) is 0 Å². The molecule has 2 N–H and O–H groups in total. The molecular weight excluding hydrogens is 204 g/mol. The minimum absolute atomic E-state index is 0.0588. The predicted molar refractivity (Wildman–Crippen MR) is 54.4 cm³/mol. The van der Waals surface area contributed by atoms with E-state index in [1.165, 1.54) is 4.90 Å². The number of carbonyl (C=O) groups excluding carboxylic acids is 1. The summed E-state index contributed by atoms with van der Waals surface area (Å²) in [7, 11) is 1.64. The van der Waals surface area contributed by atoms with Crippen LogP contribution in [-0.4, -0.2) is 40.6 Å². The third-order valence-electron chi connectivity index (χ3n) is 2.12. The largest absolute Gasteiger partial charge is 0.394 e. The maximum absolute atomic E-state index is 11.7. The Morgan fingerprint density at radius 3 is 2.86 bits per heavy atom. The highest BCUT2D eigenvalue weighted by Gasteiger charge is 2.17. The third-order valence-corrected chi connectivity index (χ3v) is 2.34. The number of hydrogen-bond donors (Lipinski definition) is 2. The van der Waals surface area contributed by atoms with E-state index in [1.807, 2.05) is 0 Å². The van der Waals surface area contributed by atoms with E-state index in [0.29, 0.717) is 10.7 Å². The van der Waals surface area contributed by atoms with Gasteiger partial charge in [-0.25, -0.2) is 0 Å². The van der Waals surface area contributed by atoms with E-state index in [4.69, 9.17) is 16.7 Å². The van der Waals surface area contributed by atoms with Gasteiger partial charge in [0.15, 0.2) is 0 Å². The molecule has 78 valence electrons. The van der Waals surface area contributed by atoms with E-state index in [1.54, 1.807) is 26.2 Å². The monoisotopic (exact) mass is 216 g/mol. The van der Waals surface area contributed by atoms with Gasteiger partial charge in [0.25, 0.3) is 5.91 Å². The van der Waals surface area contributed by atoms with Crippen molar-refractivity contribution in [3.05, 3.63) is 23.0 Å². The minimum atomic E-state index is -0.204. The number of H-pyrrole nitrogens is 1. The number of amides is 1. The molecule has 0 aliphatic heterocycles. The topological polar surface area (TPSA) is 56.3 Å². The lowest BCUT2D eigenvalue weighted by molar-refractivity contribution is 0.0677. The van der Waals surface area contributed by atoms with Gasteiger partial charge in [-0.05, 0) is 13.0 Å². The molecule has 1 aromatic heterocycles. The van der Waals surface area contributed by atoms with E-state index < -0.39 is 0 Å². The molecule has 0 radical (unpaired) electrons. The van der Waals surface area contributed by atoms with Gasteiger partial charge in [0.05, 0.1) is 17.7 Å². The summed E-state index contributed by atoms with van der Waals surface area (Å²) in [6.07, 6.45) is 1.55. The lowest BCUT2D eigenvalue weighted by atomic mass is 10.3. The Morgan fingerprint density at radius 1 is 1.79 bits per heavy atom. The molecule has 0 saturated carbocycles. The van der Waals surface area contributed by atoms with E-state index >= 15 is 0 Å². The molecule has 4 nitrogen and oxygen atoms in total. The molecule has 0 aliphatic carbocycles. The molecule has 1 atom stereocenters. The lowest BCUT2D eigenvalue weighted by Gasteiger charge is -2.22. The fourth-order valence-electron chi connectivity index (χ4n) is 1.00. The Hall–Kier alpha value is -1.00. The summed E-state index contributed by atoms with van der Waals surface area (Å²) in [5.41, 5.74) is 0.429. The molecule has 5 heteroatoms. The molecule has 0 aromatic carbocycles. The summed E-state index contributed by atoms with van der Waals surface area (Å²) in [6, 6.07) is 1.36. The summed E-state index contributed by atoms with van der Waals surface area (Å²) in [4.78, 5) is 15.9. The van der Waals surface area contributed by atoms with Crippen molar-refractivity contribution in [1.29, 1.82) is 0 Å². The number of aliphatic hydroxyl groups is 1. The minimum Gasteiger partial charge on any atom is -0.394 e. The average Bonchev–Trinajstić information content (AvgIpc) is 2.61. The zero-order valence-corrected chi connectivity index (χ0v) is 8.88. The maximum atomic E-state index is 11.7. The fourth-order valence-corrected chi connectivity index (χ4v) is 1.17. The van der Waals surface area contributed by atoms with Gasteiger partial charge in [0, 0.05) is 13.2 Å². The number of hydrogen-bond acceptors (Lipinski definition) is 2. The first kappa shape index (κ1) is 11.1. The second kappa shape index (κ2) is 4.48. The maximum Gasteiger partial charge on any atom is 0.270 e. The van der Waals surface area contributed by atoms with Crippen LogP contribution in [0.5, 0.6) is 0 Å². The molecule has 1 rings (SSSR count). The van der Waals surface area contributed by atoms with Crippen LogP contribution in [0, 0.1) is 0 Å². The van der Waals surface area contributed by atoms with Crippen LogP contribution in [0.2, 0.25) is 5.02 Å². The van der Waals surface area contributed by atoms with Crippen molar-refractivity contribution in [1.82, 2.24) is 9.88 Å².